The van der Waals surface area contributed by atoms with E-state index in [9.17, 15) is 9.59 Å². The van der Waals surface area contributed by atoms with Crippen LogP contribution in [-0.2, 0) is 0 Å². The van der Waals surface area contributed by atoms with E-state index in [0.717, 1.165) is 58.7 Å². The summed E-state index contributed by atoms with van der Waals surface area (Å²) in [6.07, 6.45) is 3.36. The van der Waals surface area contributed by atoms with Gasteiger partial charge in [0.15, 0.2) is 0 Å². The number of thioether (sulfide) groups is 1. The molecule has 2 aromatic heterocycles. The predicted molar refractivity (Wildman–Crippen MR) is 127 cm³/mol. The molecule has 1 aromatic carbocycles. The van der Waals surface area contributed by atoms with Crippen molar-refractivity contribution in [3.8, 4) is 0 Å². The van der Waals surface area contributed by atoms with Gasteiger partial charge in [-0.3, -0.25) is 19.6 Å². The topological polar surface area (TPSA) is 66.4 Å². The third-order valence-corrected chi connectivity index (χ3v) is 7.32. The fraction of sp³-hybridized carbons (Fsp3) is 0.360. The van der Waals surface area contributed by atoms with E-state index in [2.05, 4.69) is 4.98 Å². The van der Waals surface area contributed by atoms with Crippen LogP contribution < -0.4 is 0 Å². The zero-order valence-electron chi connectivity index (χ0n) is 18.2. The largest absolute Gasteiger partial charge is 0.337 e. The van der Waals surface area contributed by atoms with Crippen LogP contribution >= 0.6 is 11.8 Å². The summed E-state index contributed by atoms with van der Waals surface area (Å²) in [6, 6.07) is 13.7. The summed E-state index contributed by atoms with van der Waals surface area (Å²) in [5.41, 5.74) is 3.02. The Labute approximate surface area is 192 Å². The van der Waals surface area contributed by atoms with E-state index in [1.165, 1.54) is 0 Å². The average molecular weight is 447 g/mol. The van der Waals surface area contributed by atoms with Gasteiger partial charge in [0.1, 0.15) is 5.69 Å². The molecule has 3 aromatic rings. The quantitative estimate of drug-likeness (QED) is 0.606. The zero-order valence-corrected chi connectivity index (χ0v) is 19.0. The molecular formula is C25H26N4O2S. The first-order valence-electron chi connectivity index (χ1n) is 11.1. The summed E-state index contributed by atoms with van der Waals surface area (Å²) < 4.78 is 0. The number of carbonyl (C=O) groups excluding carboxylic acids is 2. The second-order valence-corrected chi connectivity index (χ2v) is 9.55. The standard InChI is InChI=1S/C25H26N4O2S/c1-17-6-7-21(24(30)29-12-13-32-16-29)23(27-17)18-8-10-28(11-9-18)25(31)22-14-19-4-2-3-5-20(19)15-26-22/h2-7,14-15,18H,8-13,16H2,1H3. The lowest BCUT2D eigenvalue weighted by molar-refractivity contribution is 0.0702. The lowest BCUT2D eigenvalue weighted by Gasteiger charge is -2.32. The maximum absolute atomic E-state index is 13.1. The van der Waals surface area contributed by atoms with Crippen molar-refractivity contribution in [2.45, 2.75) is 25.7 Å². The molecule has 0 radical (unpaired) electrons. The minimum Gasteiger partial charge on any atom is -0.337 e. The van der Waals surface area contributed by atoms with Crippen LogP contribution in [-0.4, -0.2) is 62.8 Å². The molecule has 32 heavy (non-hydrogen) atoms. The number of carbonyl (C=O) groups is 2. The number of hydrogen-bond acceptors (Lipinski definition) is 5. The van der Waals surface area contributed by atoms with Crippen molar-refractivity contribution in [1.29, 1.82) is 0 Å². The highest BCUT2D eigenvalue weighted by atomic mass is 32.2. The number of piperidine rings is 1. The van der Waals surface area contributed by atoms with Crippen molar-refractivity contribution >= 4 is 34.3 Å². The molecule has 7 heteroatoms. The van der Waals surface area contributed by atoms with E-state index < -0.39 is 0 Å². The lowest BCUT2D eigenvalue weighted by atomic mass is 9.89. The number of nitrogens with zero attached hydrogens (tertiary/aromatic N) is 4. The summed E-state index contributed by atoms with van der Waals surface area (Å²) in [5, 5.41) is 2.05. The number of aryl methyl sites for hydroxylation is 1. The van der Waals surface area contributed by atoms with Gasteiger partial charge < -0.3 is 9.80 Å². The molecule has 0 bridgehead atoms. The number of pyridine rings is 2. The van der Waals surface area contributed by atoms with Crippen LogP contribution in [0.15, 0.2) is 48.7 Å². The highest BCUT2D eigenvalue weighted by molar-refractivity contribution is 7.99. The molecule has 2 amide bonds. The number of fused-ring (bicyclic) bond motifs is 1. The fourth-order valence-electron chi connectivity index (χ4n) is 4.53. The van der Waals surface area contributed by atoms with Crippen LogP contribution in [0.3, 0.4) is 0 Å². The van der Waals surface area contributed by atoms with Crippen LogP contribution in [0.5, 0.6) is 0 Å². The third kappa shape index (κ3) is 4.09. The van der Waals surface area contributed by atoms with Gasteiger partial charge in [0.25, 0.3) is 11.8 Å². The number of hydrogen-bond donors (Lipinski definition) is 0. The highest BCUT2D eigenvalue weighted by Crippen LogP contribution is 2.31. The molecule has 0 spiro atoms. The van der Waals surface area contributed by atoms with Crippen LogP contribution in [0.25, 0.3) is 10.8 Å². The van der Waals surface area contributed by atoms with Gasteiger partial charge in [-0.1, -0.05) is 24.3 Å². The number of likely N-dealkylation sites (tertiary alicyclic amines) is 1. The van der Waals surface area contributed by atoms with Crippen molar-refractivity contribution < 1.29 is 9.59 Å². The molecule has 2 saturated heterocycles. The summed E-state index contributed by atoms with van der Waals surface area (Å²) in [5.74, 6) is 1.97. The number of benzene rings is 1. The molecule has 0 atom stereocenters. The molecule has 0 aliphatic carbocycles. The van der Waals surface area contributed by atoms with E-state index >= 15 is 0 Å². The first kappa shape index (κ1) is 20.9. The molecule has 2 aliphatic heterocycles. The molecule has 2 fully saturated rings. The Morgan fingerprint density at radius 1 is 0.969 bits per heavy atom. The average Bonchev–Trinajstić information content (AvgIpc) is 3.38. The molecule has 6 nitrogen and oxygen atoms in total. The van der Waals surface area contributed by atoms with Crippen molar-refractivity contribution in [1.82, 2.24) is 19.8 Å². The minimum atomic E-state index is -0.0307. The molecule has 0 N–H and O–H groups in total. The van der Waals surface area contributed by atoms with Crippen LogP contribution in [0.4, 0.5) is 0 Å². The Bertz CT molecular complexity index is 1170. The maximum Gasteiger partial charge on any atom is 0.272 e. The first-order chi connectivity index (χ1) is 15.6. The van der Waals surface area contributed by atoms with Gasteiger partial charge in [-0.25, -0.2) is 0 Å². The van der Waals surface area contributed by atoms with Crippen LogP contribution in [0.2, 0.25) is 0 Å². The molecule has 0 unspecified atom stereocenters. The van der Waals surface area contributed by atoms with Crippen molar-refractivity contribution in [3.63, 3.8) is 0 Å². The second-order valence-electron chi connectivity index (χ2n) is 8.47. The summed E-state index contributed by atoms with van der Waals surface area (Å²) in [6.45, 7) is 4.04. The van der Waals surface area contributed by atoms with Gasteiger partial charge in [-0.15, -0.1) is 11.8 Å². The lowest BCUT2D eigenvalue weighted by Crippen LogP contribution is -2.39. The van der Waals surface area contributed by atoms with Gasteiger partial charge in [0.05, 0.1) is 17.1 Å². The second kappa shape index (κ2) is 8.90. The Morgan fingerprint density at radius 2 is 1.75 bits per heavy atom. The highest BCUT2D eigenvalue weighted by Gasteiger charge is 2.30. The van der Waals surface area contributed by atoms with E-state index in [4.69, 9.17) is 4.98 Å². The van der Waals surface area contributed by atoms with Crippen molar-refractivity contribution in [2.24, 2.45) is 0 Å². The normalized spacial score (nSPS) is 17.2. The molecule has 0 saturated carbocycles. The van der Waals surface area contributed by atoms with Gasteiger partial charge in [0, 0.05) is 48.6 Å². The van der Waals surface area contributed by atoms with Gasteiger partial charge in [-0.2, -0.15) is 0 Å². The minimum absolute atomic E-state index is 0.0307. The number of rotatable bonds is 3. The smallest absolute Gasteiger partial charge is 0.272 e. The predicted octanol–water partition coefficient (Wildman–Crippen LogP) is 4.10. The third-order valence-electron chi connectivity index (χ3n) is 6.35. The van der Waals surface area contributed by atoms with Crippen LogP contribution in [0, 0.1) is 6.92 Å². The van der Waals surface area contributed by atoms with E-state index in [1.807, 2.05) is 59.2 Å². The van der Waals surface area contributed by atoms with Gasteiger partial charge in [0.2, 0.25) is 0 Å². The van der Waals surface area contributed by atoms with Gasteiger partial charge >= 0.3 is 0 Å². The summed E-state index contributed by atoms with van der Waals surface area (Å²) in [7, 11) is 0. The van der Waals surface area contributed by atoms with E-state index in [1.54, 1.807) is 18.0 Å². The first-order valence-corrected chi connectivity index (χ1v) is 12.2. The Hall–Kier alpha value is -2.93. The number of amides is 2. The molecule has 164 valence electrons. The number of aromatic nitrogens is 2. The summed E-state index contributed by atoms with van der Waals surface area (Å²) in [4.78, 5) is 39.1. The maximum atomic E-state index is 13.1. The van der Waals surface area contributed by atoms with Crippen LogP contribution in [0.1, 0.15) is 51.0 Å². The zero-order chi connectivity index (χ0) is 22.1. The molecular weight excluding hydrogens is 420 g/mol. The van der Waals surface area contributed by atoms with E-state index in [-0.39, 0.29) is 17.7 Å². The Morgan fingerprint density at radius 3 is 2.50 bits per heavy atom. The Balaban J connectivity index is 1.31. The molecule has 4 heterocycles. The fourth-order valence-corrected chi connectivity index (χ4v) is 5.48. The SMILES string of the molecule is Cc1ccc(C(=O)N2CCSC2)c(C2CCN(C(=O)c3cc4ccccc4cn3)CC2)n1. The Kier molecular flexibility index (Phi) is 5.83. The van der Waals surface area contributed by atoms with E-state index in [0.29, 0.717) is 18.8 Å². The molecule has 5 rings (SSSR count). The van der Waals surface area contributed by atoms with Crippen molar-refractivity contribution in [3.05, 3.63) is 71.3 Å². The molecule has 2 aliphatic rings. The van der Waals surface area contributed by atoms with Crippen molar-refractivity contribution in [2.75, 3.05) is 31.3 Å². The monoisotopic (exact) mass is 446 g/mol. The summed E-state index contributed by atoms with van der Waals surface area (Å²) >= 11 is 1.79. The van der Waals surface area contributed by atoms with Gasteiger partial charge in [-0.05, 0) is 43.4 Å².